The zero-order valence-corrected chi connectivity index (χ0v) is 13.9. The maximum absolute atomic E-state index is 12.8. The number of benzene rings is 1. The van der Waals surface area contributed by atoms with Gasteiger partial charge in [0, 0.05) is 28.8 Å². The van der Waals surface area contributed by atoms with E-state index in [1.165, 1.54) is 6.07 Å². The highest BCUT2D eigenvalue weighted by Gasteiger charge is 2.38. The van der Waals surface area contributed by atoms with E-state index in [0.717, 1.165) is 6.20 Å². The molecule has 8 heteroatoms. The van der Waals surface area contributed by atoms with Gasteiger partial charge < -0.3 is 0 Å². The van der Waals surface area contributed by atoms with Crippen molar-refractivity contribution in [3.8, 4) is 0 Å². The molecular formula is C16H11BrN2O5. The average molecular weight is 391 g/mol. The number of Topliss-reactive ketones (excluding diaryl/α,β-unsaturated/α-hetero) is 3. The third kappa shape index (κ3) is 2.73. The fraction of sp³-hybridized carbons (Fsp3) is 0.250. The summed E-state index contributed by atoms with van der Waals surface area (Å²) in [6.45, 7) is 0. The highest BCUT2D eigenvalue weighted by Crippen LogP contribution is 2.31. The maximum Gasteiger partial charge on any atom is 0.288 e. The number of hydrogen-bond acceptors (Lipinski definition) is 6. The van der Waals surface area contributed by atoms with E-state index >= 15 is 0 Å². The highest BCUT2D eigenvalue weighted by atomic mass is 79.9. The van der Waals surface area contributed by atoms with Crippen molar-refractivity contribution in [1.29, 1.82) is 0 Å². The second kappa shape index (κ2) is 6.20. The first-order valence-electron chi connectivity index (χ1n) is 7.22. The topological polar surface area (TPSA) is 107 Å². The lowest BCUT2D eigenvalue weighted by molar-refractivity contribution is -0.385. The number of fused-ring (bicyclic) bond motifs is 1. The Morgan fingerprint density at radius 3 is 2.54 bits per heavy atom. The lowest BCUT2D eigenvalue weighted by Crippen LogP contribution is -2.35. The molecule has 1 heterocycles. The van der Waals surface area contributed by atoms with E-state index in [1.807, 2.05) is 0 Å². The van der Waals surface area contributed by atoms with E-state index in [2.05, 4.69) is 20.9 Å². The molecule has 0 saturated heterocycles. The number of pyridine rings is 1. The van der Waals surface area contributed by atoms with Gasteiger partial charge >= 0.3 is 0 Å². The van der Waals surface area contributed by atoms with Crippen LogP contribution in [0.15, 0.2) is 28.9 Å². The monoisotopic (exact) mass is 390 g/mol. The average Bonchev–Trinajstić information content (AvgIpc) is 2.53. The second-order valence-corrected chi connectivity index (χ2v) is 6.38. The molecule has 7 nitrogen and oxygen atoms in total. The van der Waals surface area contributed by atoms with Crippen LogP contribution >= 0.6 is 15.9 Å². The molecule has 1 fully saturated rings. The van der Waals surface area contributed by atoms with Crippen molar-refractivity contribution in [2.75, 3.05) is 0 Å². The molecule has 1 aliphatic rings. The van der Waals surface area contributed by atoms with Crippen LogP contribution in [0.1, 0.15) is 29.6 Å². The highest BCUT2D eigenvalue weighted by molar-refractivity contribution is 9.10. The van der Waals surface area contributed by atoms with Crippen LogP contribution in [0.4, 0.5) is 5.69 Å². The van der Waals surface area contributed by atoms with Crippen LogP contribution in [0.5, 0.6) is 0 Å². The summed E-state index contributed by atoms with van der Waals surface area (Å²) in [4.78, 5) is 51.2. The standard InChI is InChI=1S/C16H11BrN2O5/c17-10-5-4-8-6-9(19(23)24)7-18-15(8)13(10)16(22)14-11(20)2-1-3-12(14)21/h4-7,14H,1-3H2. The lowest BCUT2D eigenvalue weighted by Gasteiger charge is -2.19. The van der Waals surface area contributed by atoms with Gasteiger partial charge in [0.1, 0.15) is 12.1 Å². The Morgan fingerprint density at radius 1 is 1.25 bits per heavy atom. The van der Waals surface area contributed by atoms with Gasteiger partial charge in [-0.1, -0.05) is 6.07 Å². The molecule has 1 aliphatic carbocycles. The molecular weight excluding hydrogens is 380 g/mol. The van der Waals surface area contributed by atoms with Gasteiger partial charge in [0.25, 0.3) is 5.69 Å². The van der Waals surface area contributed by atoms with Gasteiger partial charge in [-0.05, 0) is 28.4 Å². The van der Waals surface area contributed by atoms with Crippen LogP contribution in [-0.2, 0) is 9.59 Å². The van der Waals surface area contributed by atoms with Crippen molar-refractivity contribution < 1.29 is 19.3 Å². The largest absolute Gasteiger partial charge is 0.298 e. The number of rotatable bonds is 3. The number of hydrogen-bond donors (Lipinski definition) is 0. The van der Waals surface area contributed by atoms with Crippen molar-refractivity contribution in [1.82, 2.24) is 4.98 Å². The summed E-state index contributed by atoms with van der Waals surface area (Å²) < 4.78 is 0.396. The Hall–Kier alpha value is -2.48. The third-order valence-electron chi connectivity index (χ3n) is 4.00. The first kappa shape index (κ1) is 16.4. The summed E-state index contributed by atoms with van der Waals surface area (Å²) in [7, 11) is 0. The summed E-state index contributed by atoms with van der Waals surface area (Å²) in [5.41, 5.74) is 0.134. The number of halogens is 1. The van der Waals surface area contributed by atoms with Crippen molar-refractivity contribution >= 4 is 49.9 Å². The van der Waals surface area contributed by atoms with Crippen LogP contribution in [0.3, 0.4) is 0 Å². The van der Waals surface area contributed by atoms with E-state index in [1.54, 1.807) is 12.1 Å². The number of carbonyl (C=O) groups is 3. The molecule has 2 aromatic rings. The van der Waals surface area contributed by atoms with Crippen LogP contribution in [0, 0.1) is 16.0 Å². The van der Waals surface area contributed by atoms with Gasteiger partial charge in [-0.25, -0.2) is 4.98 Å². The SMILES string of the molecule is O=C1CCCC(=O)C1C(=O)c1c(Br)ccc2cc([N+](=O)[O-])cnc12. The molecule has 1 aromatic heterocycles. The normalized spacial score (nSPS) is 15.7. The Morgan fingerprint density at radius 2 is 1.92 bits per heavy atom. The van der Waals surface area contributed by atoms with Crippen LogP contribution in [0.25, 0.3) is 10.9 Å². The second-order valence-electron chi connectivity index (χ2n) is 5.53. The van der Waals surface area contributed by atoms with Crippen LogP contribution in [-0.4, -0.2) is 27.3 Å². The Kier molecular flexibility index (Phi) is 4.23. The number of aromatic nitrogens is 1. The maximum atomic E-state index is 12.8. The molecule has 0 radical (unpaired) electrons. The Labute approximate surface area is 144 Å². The lowest BCUT2D eigenvalue weighted by atomic mass is 9.81. The molecule has 0 aliphatic heterocycles. The number of ketones is 3. The molecule has 0 amide bonds. The number of carbonyl (C=O) groups excluding carboxylic acids is 3. The first-order chi connectivity index (χ1) is 11.4. The molecule has 0 atom stereocenters. The minimum atomic E-state index is -1.31. The smallest absolute Gasteiger partial charge is 0.288 e. The van der Waals surface area contributed by atoms with Crippen molar-refractivity contribution in [2.24, 2.45) is 5.92 Å². The molecule has 1 aromatic carbocycles. The molecule has 0 N–H and O–H groups in total. The van der Waals surface area contributed by atoms with Gasteiger partial charge in [0.05, 0.1) is 16.0 Å². The zero-order valence-electron chi connectivity index (χ0n) is 12.3. The Balaban J connectivity index is 2.16. The summed E-state index contributed by atoms with van der Waals surface area (Å²) in [5.74, 6) is -2.69. The number of nitro groups is 1. The fourth-order valence-corrected chi connectivity index (χ4v) is 3.36. The predicted molar refractivity (Wildman–Crippen MR) is 87.8 cm³/mol. The first-order valence-corrected chi connectivity index (χ1v) is 8.01. The molecule has 24 heavy (non-hydrogen) atoms. The predicted octanol–water partition coefficient (Wildman–Crippen LogP) is 3.03. The minimum absolute atomic E-state index is 0.107. The molecule has 0 bridgehead atoms. The van der Waals surface area contributed by atoms with Gasteiger partial charge in [0.2, 0.25) is 0 Å². The van der Waals surface area contributed by atoms with Gasteiger partial charge in [-0.2, -0.15) is 0 Å². The van der Waals surface area contributed by atoms with E-state index in [9.17, 15) is 24.5 Å². The van der Waals surface area contributed by atoms with Crippen LogP contribution < -0.4 is 0 Å². The molecule has 0 unspecified atom stereocenters. The number of nitrogens with zero attached hydrogens (tertiary/aromatic N) is 2. The summed E-state index contributed by atoms with van der Waals surface area (Å²) in [6.07, 6.45) is 1.91. The molecule has 1 saturated carbocycles. The van der Waals surface area contributed by atoms with Crippen molar-refractivity contribution in [3.63, 3.8) is 0 Å². The molecule has 3 rings (SSSR count). The van der Waals surface area contributed by atoms with Gasteiger partial charge in [-0.15, -0.1) is 0 Å². The summed E-state index contributed by atoms with van der Waals surface area (Å²) >= 11 is 3.25. The third-order valence-corrected chi connectivity index (χ3v) is 4.66. The van der Waals surface area contributed by atoms with Crippen molar-refractivity contribution in [2.45, 2.75) is 19.3 Å². The van der Waals surface area contributed by atoms with Crippen LogP contribution in [0.2, 0.25) is 0 Å². The summed E-state index contributed by atoms with van der Waals surface area (Å²) in [5, 5.41) is 11.3. The van der Waals surface area contributed by atoms with E-state index in [-0.39, 0.29) is 41.2 Å². The Bertz CT molecular complexity index is 893. The zero-order chi connectivity index (χ0) is 17.4. The fourth-order valence-electron chi connectivity index (χ4n) is 2.84. The van der Waals surface area contributed by atoms with E-state index in [0.29, 0.717) is 16.3 Å². The molecule has 0 spiro atoms. The van der Waals surface area contributed by atoms with E-state index < -0.39 is 16.6 Å². The van der Waals surface area contributed by atoms with E-state index in [4.69, 9.17) is 0 Å². The van der Waals surface area contributed by atoms with Crippen molar-refractivity contribution in [3.05, 3.63) is 44.5 Å². The molecule has 122 valence electrons. The quantitative estimate of drug-likeness (QED) is 0.345. The van der Waals surface area contributed by atoms with Gasteiger partial charge in [0.15, 0.2) is 17.3 Å². The minimum Gasteiger partial charge on any atom is -0.298 e. The van der Waals surface area contributed by atoms with Gasteiger partial charge in [-0.3, -0.25) is 24.5 Å². The summed E-state index contributed by atoms with van der Waals surface area (Å²) in [6, 6.07) is 4.44.